The molecule has 0 spiro atoms. The highest BCUT2D eigenvalue weighted by Gasteiger charge is 2.64. The molecule has 0 N–H and O–H groups in total. The van der Waals surface area contributed by atoms with Crippen molar-refractivity contribution in [1.29, 1.82) is 0 Å². The lowest BCUT2D eigenvalue weighted by atomic mass is 9.50. The molecule has 0 heterocycles. The first-order valence-corrected chi connectivity index (χ1v) is 9.71. The molecule has 8 unspecified atom stereocenters. The van der Waals surface area contributed by atoms with Gasteiger partial charge in [0.15, 0.2) is 5.78 Å². The second kappa shape index (κ2) is 4.28. The van der Waals surface area contributed by atoms with Crippen molar-refractivity contribution in [3.8, 4) is 0 Å². The Balaban J connectivity index is 1.53. The second-order valence-electron chi connectivity index (χ2n) is 9.93. The molecule has 0 aromatic carbocycles. The molecule has 5 aliphatic rings. The van der Waals surface area contributed by atoms with Crippen molar-refractivity contribution in [3.63, 3.8) is 0 Å². The van der Waals surface area contributed by atoms with Gasteiger partial charge in [0, 0.05) is 6.42 Å². The number of carbonyl (C=O) groups excluding carboxylic acids is 1. The van der Waals surface area contributed by atoms with Crippen molar-refractivity contribution in [3.05, 3.63) is 11.6 Å². The van der Waals surface area contributed by atoms with Crippen LogP contribution >= 0.6 is 0 Å². The first-order chi connectivity index (χ1) is 10.5. The number of ketones is 1. The molecule has 8 atom stereocenters. The fourth-order valence-corrected chi connectivity index (χ4v) is 7.15. The Kier molecular flexibility index (Phi) is 2.68. The van der Waals surface area contributed by atoms with Crippen LogP contribution in [0.25, 0.3) is 0 Å². The topological polar surface area (TPSA) is 17.1 Å². The number of rotatable bonds is 1. The molecule has 22 heavy (non-hydrogen) atoms. The summed E-state index contributed by atoms with van der Waals surface area (Å²) in [7, 11) is 0. The van der Waals surface area contributed by atoms with Crippen LogP contribution in [0.2, 0.25) is 0 Å². The van der Waals surface area contributed by atoms with Crippen LogP contribution in [0.15, 0.2) is 11.6 Å². The second-order valence-corrected chi connectivity index (χ2v) is 9.93. The van der Waals surface area contributed by atoms with Crippen LogP contribution in [0, 0.1) is 52.8 Å². The molecule has 0 radical (unpaired) electrons. The molecule has 0 amide bonds. The van der Waals surface area contributed by atoms with Gasteiger partial charge in [-0.3, -0.25) is 4.79 Å². The third kappa shape index (κ3) is 1.80. The summed E-state index contributed by atoms with van der Waals surface area (Å²) in [4.78, 5) is 11.9. The van der Waals surface area contributed by atoms with Crippen LogP contribution in [-0.4, -0.2) is 5.78 Å². The molecule has 5 rings (SSSR count). The van der Waals surface area contributed by atoms with Gasteiger partial charge in [-0.1, -0.05) is 26.3 Å². The van der Waals surface area contributed by atoms with Crippen molar-refractivity contribution in [2.75, 3.05) is 0 Å². The maximum Gasteiger partial charge on any atom is 0.155 e. The van der Waals surface area contributed by atoms with Crippen molar-refractivity contribution < 1.29 is 4.79 Å². The normalized spacial score (nSPS) is 54.7. The number of carbonyl (C=O) groups is 1. The minimum Gasteiger partial charge on any atom is -0.295 e. The lowest BCUT2D eigenvalue weighted by Gasteiger charge is -2.54. The van der Waals surface area contributed by atoms with Gasteiger partial charge in [0.25, 0.3) is 0 Å². The average Bonchev–Trinajstić information content (AvgIpc) is 3.34. The standard InChI is InChI=1S/C21H30O/c1-11-8-15(11)20-19-14(6-7-21(20,2)3)13-5-4-12(22)9-16(13)17-10-18(17)19/h9,11,13-15,17-20H,4-8,10H2,1-3H3. The largest absolute Gasteiger partial charge is 0.295 e. The van der Waals surface area contributed by atoms with Crippen molar-refractivity contribution in [1.82, 2.24) is 0 Å². The van der Waals surface area contributed by atoms with Crippen LogP contribution in [0.5, 0.6) is 0 Å². The number of allylic oxidation sites excluding steroid dienone is 2. The van der Waals surface area contributed by atoms with Gasteiger partial charge in [0.2, 0.25) is 0 Å². The molecule has 0 bridgehead atoms. The smallest absolute Gasteiger partial charge is 0.155 e. The summed E-state index contributed by atoms with van der Waals surface area (Å²) in [5.41, 5.74) is 2.15. The summed E-state index contributed by atoms with van der Waals surface area (Å²) in [6.07, 6.45) is 9.81. The van der Waals surface area contributed by atoms with E-state index in [9.17, 15) is 4.79 Å². The van der Waals surface area contributed by atoms with E-state index in [-0.39, 0.29) is 0 Å². The van der Waals surface area contributed by atoms with Gasteiger partial charge in [-0.25, -0.2) is 0 Å². The van der Waals surface area contributed by atoms with Crippen LogP contribution in [0.3, 0.4) is 0 Å². The molecular weight excluding hydrogens is 268 g/mol. The highest BCUT2D eigenvalue weighted by atomic mass is 16.1. The molecule has 0 aliphatic heterocycles. The highest BCUT2D eigenvalue weighted by Crippen LogP contribution is 2.71. The van der Waals surface area contributed by atoms with E-state index in [1.54, 1.807) is 5.57 Å². The summed E-state index contributed by atoms with van der Waals surface area (Å²) in [6, 6.07) is 0. The predicted molar refractivity (Wildman–Crippen MR) is 88.2 cm³/mol. The Morgan fingerprint density at radius 1 is 1.05 bits per heavy atom. The van der Waals surface area contributed by atoms with Crippen LogP contribution in [0.4, 0.5) is 0 Å². The molecule has 0 aromatic rings. The first kappa shape index (κ1) is 13.8. The Morgan fingerprint density at radius 3 is 2.55 bits per heavy atom. The SMILES string of the molecule is CC1CC1C1C2C(CCC1(C)C)C1CCC(=O)C=C1C1CC12. The van der Waals surface area contributed by atoms with E-state index >= 15 is 0 Å². The van der Waals surface area contributed by atoms with Crippen LogP contribution in [-0.2, 0) is 4.79 Å². The zero-order valence-electron chi connectivity index (χ0n) is 14.3. The van der Waals surface area contributed by atoms with E-state index in [1.807, 2.05) is 0 Å². The van der Waals surface area contributed by atoms with Gasteiger partial charge < -0.3 is 0 Å². The minimum absolute atomic E-state index is 0.416. The molecule has 120 valence electrons. The quantitative estimate of drug-likeness (QED) is 0.675. The van der Waals surface area contributed by atoms with Crippen molar-refractivity contribution in [2.24, 2.45) is 52.8 Å². The predicted octanol–water partition coefficient (Wildman–Crippen LogP) is 4.87. The van der Waals surface area contributed by atoms with Gasteiger partial charge in [0.1, 0.15) is 0 Å². The molecule has 0 aromatic heterocycles. The molecule has 4 saturated carbocycles. The van der Waals surface area contributed by atoms with E-state index in [2.05, 4.69) is 26.8 Å². The van der Waals surface area contributed by atoms with Gasteiger partial charge in [0.05, 0.1) is 0 Å². The first-order valence-electron chi connectivity index (χ1n) is 9.71. The lowest BCUT2D eigenvalue weighted by molar-refractivity contribution is -0.116. The van der Waals surface area contributed by atoms with E-state index in [1.165, 1.54) is 32.1 Å². The zero-order valence-corrected chi connectivity index (χ0v) is 14.3. The number of fused-ring (bicyclic) bond motifs is 6. The van der Waals surface area contributed by atoms with E-state index in [0.29, 0.717) is 11.2 Å². The van der Waals surface area contributed by atoms with E-state index in [4.69, 9.17) is 0 Å². The van der Waals surface area contributed by atoms with Gasteiger partial charge >= 0.3 is 0 Å². The Bertz CT molecular complexity index is 556. The van der Waals surface area contributed by atoms with Crippen LogP contribution in [0.1, 0.15) is 59.3 Å². The van der Waals surface area contributed by atoms with Gasteiger partial charge in [-0.2, -0.15) is 0 Å². The average molecular weight is 298 g/mol. The fourth-order valence-electron chi connectivity index (χ4n) is 7.15. The Labute approximate surface area is 134 Å². The number of hydrogen-bond acceptors (Lipinski definition) is 1. The minimum atomic E-state index is 0.416. The zero-order chi connectivity index (χ0) is 15.2. The molecule has 1 heteroatoms. The van der Waals surface area contributed by atoms with Gasteiger partial charge in [-0.05, 0) is 90.9 Å². The molecule has 0 saturated heterocycles. The highest BCUT2D eigenvalue weighted by molar-refractivity contribution is 5.91. The van der Waals surface area contributed by atoms with Crippen molar-refractivity contribution in [2.45, 2.75) is 59.3 Å². The molecular formula is C21H30O. The molecule has 4 fully saturated rings. The summed E-state index contributed by atoms with van der Waals surface area (Å²) >= 11 is 0. The van der Waals surface area contributed by atoms with Gasteiger partial charge in [-0.15, -0.1) is 0 Å². The molecule has 1 nitrogen and oxygen atoms in total. The Hall–Kier alpha value is -0.590. The van der Waals surface area contributed by atoms with Crippen molar-refractivity contribution >= 4 is 5.78 Å². The third-order valence-corrected chi connectivity index (χ3v) is 8.30. The molecule has 5 aliphatic carbocycles. The Morgan fingerprint density at radius 2 is 1.82 bits per heavy atom. The maximum absolute atomic E-state index is 11.9. The number of hydrogen-bond donors (Lipinski definition) is 0. The summed E-state index contributed by atoms with van der Waals surface area (Å²) in [6.45, 7) is 7.60. The summed E-state index contributed by atoms with van der Waals surface area (Å²) < 4.78 is 0. The van der Waals surface area contributed by atoms with E-state index in [0.717, 1.165) is 53.8 Å². The lowest BCUT2D eigenvalue weighted by Crippen LogP contribution is -2.48. The maximum atomic E-state index is 11.9. The fraction of sp³-hybridized carbons (Fsp3) is 0.857. The third-order valence-electron chi connectivity index (χ3n) is 8.30. The monoisotopic (exact) mass is 298 g/mol. The summed E-state index contributed by atoms with van der Waals surface area (Å²) in [5.74, 6) is 7.79. The summed E-state index contributed by atoms with van der Waals surface area (Å²) in [5, 5.41) is 0. The van der Waals surface area contributed by atoms with E-state index < -0.39 is 0 Å². The van der Waals surface area contributed by atoms with Crippen LogP contribution < -0.4 is 0 Å².